The van der Waals surface area contributed by atoms with E-state index in [0.717, 1.165) is 33.8 Å². The molecule has 4 nitrogen and oxygen atoms in total. The molecule has 0 unspecified atom stereocenters. The van der Waals surface area contributed by atoms with Crippen molar-refractivity contribution in [3.63, 3.8) is 0 Å². The van der Waals surface area contributed by atoms with Crippen LogP contribution in [-0.4, -0.2) is 18.7 Å². The monoisotopic (exact) mass is 756 g/mol. The molecule has 13 aromatic rings. The molecule has 5 aromatic heterocycles. The number of hydrogen-bond donors (Lipinski definition) is 0. The van der Waals surface area contributed by atoms with E-state index >= 15 is 0 Å². The summed E-state index contributed by atoms with van der Waals surface area (Å²) in [6.45, 7) is 0. The molecule has 5 heterocycles. The normalized spacial score (nSPS) is 12.1. The Balaban J connectivity index is 1.01. The summed E-state index contributed by atoms with van der Waals surface area (Å²) in [7, 11) is 0. The number of hydrogen-bond acceptors (Lipinski definition) is 2. The quantitative estimate of drug-likeness (QED) is 0.176. The predicted molar refractivity (Wildman–Crippen MR) is 246 cm³/mol. The Morgan fingerprint density at radius 3 is 1.67 bits per heavy atom. The van der Waals surface area contributed by atoms with Gasteiger partial charge in [0.15, 0.2) is 0 Å². The molecule has 0 saturated carbocycles. The van der Waals surface area contributed by atoms with Crippen molar-refractivity contribution >= 4 is 96.9 Å². The maximum Gasteiger partial charge on any atom is 0.138 e. The van der Waals surface area contributed by atoms with Gasteiger partial charge in [0.1, 0.15) is 5.82 Å². The molecule has 0 spiro atoms. The highest BCUT2D eigenvalue weighted by atomic mass is 32.1. The minimum absolute atomic E-state index is 0.902. The fourth-order valence-electron chi connectivity index (χ4n) is 9.59. The van der Waals surface area contributed by atoms with E-state index in [0.29, 0.717) is 0 Å². The van der Waals surface area contributed by atoms with E-state index in [2.05, 4.69) is 208 Å². The van der Waals surface area contributed by atoms with Crippen LogP contribution in [0, 0.1) is 0 Å². The largest absolute Gasteiger partial charge is 0.309 e. The average molecular weight is 757 g/mol. The highest BCUT2D eigenvalue weighted by Gasteiger charge is 2.21. The second-order valence-electron chi connectivity index (χ2n) is 15.1. The summed E-state index contributed by atoms with van der Waals surface area (Å²) in [5, 5.41) is 9.96. The van der Waals surface area contributed by atoms with Gasteiger partial charge in [-0.15, -0.1) is 11.3 Å². The zero-order chi connectivity index (χ0) is 37.9. The minimum atomic E-state index is 0.902. The molecule has 0 amide bonds. The molecule has 0 N–H and O–H groups in total. The molecule has 270 valence electrons. The lowest BCUT2D eigenvalue weighted by molar-refractivity contribution is 1.08. The standard InChI is InChI=1S/C53H32N4S/c1-6-19-43-35(13-1)36-14-2-7-20-44(36)56(43)49-24-12-23-48-53(49)39-17-4-9-22-46(39)55(48)34-28-29-47-40(32-34)37-15-3-8-21-45(37)57(47)52-26-11-18-42(54-52)33-27-30-51-41(31-33)38-16-5-10-25-50(38)58-51/h1-32H. The Morgan fingerprint density at radius 1 is 0.345 bits per heavy atom. The summed E-state index contributed by atoms with van der Waals surface area (Å²) in [5.74, 6) is 0.902. The number of pyridine rings is 1. The Labute approximate surface area is 336 Å². The second kappa shape index (κ2) is 12.0. The van der Waals surface area contributed by atoms with Crippen molar-refractivity contribution in [2.24, 2.45) is 0 Å². The van der Waals surface area contributed by atoms with Gasteiger partial charge in [-0.05, 0) is 84.9 Å². The van der Waals surface area contributed by atoms with Crippen molar-refractivity contribution in [2.75, 3.05) is 0 Å². The molecule has 58 heavy (non-hydrogen) atoms. The van der Waals surface area contributed by atoms with Crippen LogP contribution in [0.1, 0.15) is 0 Å². The number of fused-ring (bicyclic) bond motifs is 12. The van der Waals surface area contributed by atoms with E-state index in [1.807, 2.05) is 11.3 Å². The van der Waals surface area contributed by atoms with Gasteiger partial charge >= 0.3 is 0 Å². The molecule has 0 saturated heterocycles. The second-order valence-corrected chi connectivity index (χ2v) is 16.2. The lowest BCUT2D eigenvalue weighted by Gasteiger charge is -2.12. The molecule has 0 bridgehead atoms. The van der Waals surface area contributed by atoms with Gasteiger partial charge in [0.05, 0.1) is 44.5 Å². The zero-order valence-corrected chi connectivity index (χ0v) is 32.0. The van der Waals surface area contributed by atoms with Gasteiger partial charge in [-0.2, -0.15) is 0 Å². The van der Waals surface area contributed by atoms with Gasteiger partial charge in [-0.1, -0.05) is 109 Å². The lowest BCUT2D eigenvalue weighted by atomic mass is 10.1. The van der Waals surface area contributed by atoms with Crippen LogP contribution in [-0.2, 0) is 0 Å². The van der Waals surface area contributed by atoms with Crippen molar-refractivity contribution in [1.82, 2.24) is 18.7 Å². The van der Waals surface area contributed by atoms with Crippen LogP contribution in [0.3, 0.4) is 0 Å². The van der Waals surface area contributed by atoms with Gasteiger partial charge in [0.25, 0.3) is 0 Å². The fourth-order valence-corrected chi connectivity index (χ4v) is 10.7. The molecule has 0 radical (unpaired) electrons. The summed E-state index contributed by atoms with van der Waals surface area (Å²) < 4.78 is 9.82. The third-order valence-electron chi connectivity index (χ3n) is 12.0. The summed E-state index contributed by atoms with van der Waals surface area (Å²) >= 11 is 1.84. The van der Waals surface area contributed by atoms with Crippen LogP contribution < -0.4 is 0 Å². The van der Waals surface area contributed by atoms with Crippen LogP contribution in [0.5, 0.6) is 0 Å². The van der Waals surface area contributed by atoms with E-state index < -0.39 is 0 Å². The average Bonchev–Trinajstić information content (AvgIpc) is 4.02. The highest BCUT2D eigenvalue weighted by molar-refractivity contribution is 7.25. The number of para-hydroxylation sites is 4. The van der Waals surface area contributed by atoms with Gasteiger partial charge in [0, 0.05) is 63.7 Å². The topological polar surface area (TPSA) is 27.7 Å². The first kappa shape index (κ1) is 31.7. The smallest absolute Gasteiger partial charge is 0.138 e. The number of benzene rings is 8. The third kappa shape index (κ3) is 4.42. The molecule has 0 atom stereocenters. The van der Waals surface area contributed by atoms with Crippen LogP contribution in [0.15, 0.2) is 194 Å². The van der Waals surface area contributed by atoms with Gasteiger partial charge in [-0.25, -0.2) is 4.98 Å². The van der Waals surface area contributed by atoms with Crippen LogP contribution >= 0.6 is 11.3 Å². The molecule has 5 heteroatoms. The number of aromatic nitrogens is 4. The van der Waals surface area contributed by atoms with Crippen LogP contribution in [0.2, 0.25) is 0 Å². The molecule has 0 fully saturated rings. The van der Waals surface area contributed by atoms with Gasteiger partial charge < -0.3 is 9.13 Å². The van der Waals surface area contributed by atoms with Crippen molar-refractivity contribution < 1.29 is 0 Å². The summed E-state index contributed by atoms with van der Waals surface area (Å²) in [4.78, 5) is 5.35. The van der Waals surface area contributed by atoms with E-state index in [9.17, 15) is 0 Å². The number of rotatable bonds is 4. The molecular formula is C53H32N4S. The summed E-state index contributed by atoms with van der Waals surface area (Å²) in [6.07, 6.45) is 0. The first-order valence-corrected chi connectivity index (χ1v) is 20.5. The molecule has 0 aliphatic heterocycles. The van der Waals surface area contributed by atoms with Crippen LogP contribution in [0.4, 0.5) is 0 Å². The molecule has 0 aliphatic carbocycles. The third-order valence-corrected chi connectivity index (χ3v) is 13.2. The molecule has 8 aromatic carbocycles. The molecular weight excluding hydrogens is 725 g/mol. The fraction of sp³-hybridized carbons (Fsp3) is 0. The Bertz CT molecular complexity index is 3770. The zero-order valence-electron chi connectivity index (χ0n) is 31.2. The van der Waals surface area contributed by atoms with Crippen molar-refractivity contribution in [2.45, 2.75) is 0 Å². The first-order valence-electron chi connectivity index (χ1n) is 19.7. The highest BCUT2D eigenvalue weighted by Crippen LogP contribution is 2.42. The first-order chi connectivity index (χ1) is 28.8. The summed E-state index contributed by atoms with van der Waals surface area (Å²) in [5.41, 5.74) is 11.4. The Kier molecular flexibility index (Phi) is 6.57. The SMILES string of the molecule is c1cc(-c2ccc3sc4ccccc4c3c2)nc(-n2c3ccccc3c3cc(-n4c5ccccc5c5c(-n6c7ccccc7c7ccccc76)cccc54)ccc32)c1. The van der Waals surface area contributed by atoms with E-state index in [-0.39, 0.29) is 0 Å². The Hall–Kier alpha value is -7.47. The van der Waals surface area contributed by atoms with E-state index in [1.165, 1.54) is 80.2 Å². The number of thiophene rings is 1. The summed E-state index contributed by atoms with van der Waals surface area (Å²) in [6, 6.07) is 70.6. The van der Waals surface area contributed by atoms with Gasteiger partial charge in [-0.3, -0.25) is 4.57 Å². The molecule has 0 aliphatic rings. The van der Waals surface area contributed by atoms with E-state index in [4.69, 9.17) is 4.98 Å². The van der Waals surface area contributed by atoms with Crippen molar-refractivity contribution in [3.8, 4) is 28.5 Å². The maximum absolute atomic E-state index is 5.35. The predicted octanol–water partition coefficient (Wildman–Crippen LogP) is 14.4. The van der Waals surface area contributed by atoms with Crippen molar-refractivity contribution in [1.29, 1.82) is 0 Å². The molecule has 13 rings (SSSR count). The minimum Gasteiger partial charge on any atom is -0.309 e. The van der Waals surface area contributed by atoms with Crippen LogP contribution in [0.25, 0.3) is 114 Å². The van der Waals surface area contributed by atoms with Gasteiger partial charge in [0.2, 0.25) is 0 Å². The number of nitrogens with zero attached hydrogens (tertiary/aromatic N) is 4. The lowest BCUT2D eigenvalue weighted by Crippen LogP contribution is -1.99. The van der Waals surface area contributed by atoms with E-state index in [1.54, 1.807) is 0 Å². The Morgan fingerprint density at radius 2 is 0.914 bits per heavy atom. The van der Waals surface area contributed by atoms with Crippen molar-refractivity contribution in [3.05, 3.63) is 194 Å². The maximum atomic E-state index is 5.35.